The number of nitrogens with zero attached hydrogens (tertiary/aromatic N) is 1. The number of allylic oxidation sites excluding steroid dienone is 2. The molecule has 1 aliphatic carbocycles. The van der Waals surface area contributed by atoms with Crippen molar-refractivity contribution in [1.29, 1.82) is 0 Å². The molecule has 1 aromatic rings. The summed E-state index contributed by atoms with van der Waals surface area (Å²) >= 11 is 11.2. The van der Waals surface area contributed by atoms with Gasteiger partial charge in [0.2, 0.25) is 11.8 Å². The van der Waals surface area contributed by atoms with E-state index in [1.807, 2.05) is 25.5 Å². The molecule has 9 nitrogen and oxygen atoms in total. The Bertz CT molecular complexity index is 1230. The van der Waals surface area contributed by atoms with Crippen molar-refractivity contribution in [1.82, 2.24) is 14.9 Å². The molecule has 3 atom stereocenters. The number of rotatable bonds is 15. The number of aliphatic hydroxyl groups is 1. The third-order valence-electron chi connectivity index (χ3n) is 6.71. The minimum absolute atomic E-state index is 0.0869. The fourth-order valence-corrected chi connectivity index (χ4v) is 6.77. The highest BCUT2D eigenvalue weighted by Crippen LogP contribution is 2.45. The van der Waals surface area contributed by atoms with Gasteiger partial charge in [0.15, 0.2) is 4.21 Å². The van der Waals surface area contributed by atoms with E-state index in [9.17, 15) is 27.9 Å². The number of alkyl halides is 1. The molecular formula is C29H42ClN3O6S2. The largest absolute Gasteiger partial charge is 0.384 e. The molecule has 3 N–H and O–H groups in total. The lowest BCUT2D eigenvalue weighted by Gasteiger charge is -2.35. The minimum atomic E-state index is -4.55. The Morgan fingerprint density at radius 1 is 1.12 bits per heavy atom. The van der Waals surface area contributed by atoms with Crippen LogP contribution in [0.15, 0.2) is 48.1 Å². The Balaban J connectivity index is 2.34. The minimum Gasteiger partial charge on any atom is -0.384 e. The number of hydrogen-bond donors (Lipinski definition) is 4. The zero-order chi connectivity index (χ0) is 30.8. The Hall–Kier alpha value is -2.34. The van der Waals surface area contributed by atoms with Crippen molar-refractivity contribution in [3.8, 4) is 0 Å². The third kappa shape index (κ3) is 9.59. The summed E-state index contributed by atoms with van der Waals surface area (Å²) < 4.78 is 26.8. The van der Waals surface area contributed by atoms with Gasteiger partial charge in [-0.3, -0.25) is 14.4 Å². The fraction of sp³-hybridized carbons (Fsp3) is 0.552. The SMILES string of the molecule is CCCC(=O)N(CCNC(=O)[C@@H](CS)CC(C)C)CC1=CC=C(c2ccccc2)C(Cl)(S(=O)(=O)NC(=O)[C@H](C)O)C1. The summed E-state index contributed by atoms with van der Waals surface area (Å²) in [4.78, 5) is 39.4. The van der Waals surface area contributed by atoms with Gasteiger partial charge >= 0.3 is 0 Å². The molecule has 0 aromatic heterocycles. The topological polar surface area (TPSA) is 133 Å². The van der Waals surface area contributed by atoms with Crippen LogP contribution in [0.2, 0.25) is 0 Å². The van der Waals surface area contributed by atoms with Crippen LogP contribution < -0.4 is 10.0 Å². The number of sulfonamides is 1. The van der Waals surface area contributed by atoms with Crippen molar-refractivity contribution in [3.63, 3.8) is 0 Å². The summed E-state index contributed by atoms with van der Waals surface area (Å²) in [7, 11) is -4.55. The van der Waals surface area contributed by atoms with Gasteiger partial charge in [-0.2, -0.15) is 12.6 Å². The van der Waals surface area contributed by atoms with Crippen LogP contribution in [-0.4, -0.2) is 71.8 Å². The molecule has 1 aromatic carbocycles. The molecule has 3 amide bonds. The van der Waals surface area contributed by atoms with Crippen molar-refractivity contribution >= 4 is 57.5 Å². The van der Waals surface area contributed by atoms with Crippen molar-refractivity contribution in [2.45, 2.75) is 63.7 Å². The molecule has 2 rings (SSSR count). The lowest BCUT2D eigenvalue weighted by molar-refractivity contribution is -0.131. The molecule has 0 bridgehead atoms. The van der Waals surface area contributed by atoms with E-state index >= 15 is 0 Å². The predicted octanol–water partition coefficient (Wildman–Crippen LogP) is 3.50. The first kappa shape index (κ1) is 34.9. The van der Waals surface area contributed by atoms with Crippen LogP contribution in [0.25, 0.3) is 5.57 Å². The summed E-state index contributed by atoms with van der Waals surface area (Å²) in [6.45, 7) is 7.65. The summed E-state index contributed by atoms with van der Waals surface area (Å²) in [5.41, 5.74) is 1.36. The molecule has 1 unspecified atom stereocenters. The molecule has 0 radical (unpaired) electrons. The molecular weight excluding hydrogens is 586 g/mol. The van der Waals surface area contributed by atoms with Crippen LogP contribution in [-0.2, 0) is 24.4 Å². The maximum Gasteiger partial charge on any atom is 0.262 e. The molecule has 0 aliphatic heterocycles. The first-order chi connectivity index (χ1) is 19.3. The lowest BCUT2D eigenvalue weighted by atomic mass is 9.92. The zero-order valence-electron chi connectivity index (χ0n) is 24.1. The second-order valence-electron chi connectivity index (χ2n) is 10.7. The third-order valence-corrected chi connectivity index (χ3v) is 9.78. The van der Waals surface area contributed by atoms with Gasteiger partial charge in [0.25, 0.3) is 15.9 Å². The van der Waals surface area contributed by atoms with E-state index in [1.54, 1.807) is 47.4 Å². The number of carbonyl (C=O) groups excluding carboxylic acids is 3. The quantitative estimate of drug-likeness (QED) is 0.174. The zero-order valence-corrected chi connectivity index (χ0v) is 26.6. The van der Waals surface area contributed by atoms with Crippen LogP contribution in [0.3, 0.4) is 0 Å². The van der Waals surface area contributed by atoms with E-state index in [1.165, 1.54) is 0 Å². The monoisotopic (exact) mass is 627 g/mol. The van der Waals surface area contributed by atoms with Crippen LogP contribution in [0.4, 0.5) is 0 Å². The van der Waals surface area contributed by atoms with Crippen LogP contribution in [0, 0.1) is 11.8 Å². The van der Waals surface area contributed by atoms with E-state index in [4.69, 9.17) is 11.6 Å². The van der Waals surface area contributed by atoms with E-state index in [0.717, 1.165) is 6.92 Å². The number of thiol groups is 1. The molecule has 228 valence electrons. The Morgan fingerprint density at radius 3 is 2.34 bits per heavy atom. The normalized spacial score (nSPS) is 18.6. The van der Waals surface area contributed by atoms with Crippen LogP contribution in [0.1, 0.15) is 58.9 Å². The number of carbonyl (C=O) groups is 3. The summed E-state index contributed by atoms with van der Waals surface area (Å²) in [5, 5.41) is 12.5. The van der Waals surface area contributed by atoms with Gasteiger partial charge in [-0.25, -0.2) is 13.1 Å². The summed E-state index contributed by atoms with van der Waals surface area (Å²) in [6.07, 6.45) is 3.15. The average Bonchev–Trinajstić information content (AvgIpc) is 2.91. The van der Waals surface area contributed by atoms with Crippen LogP contribution >= 0.6 is 24.2 Å². The smallest absolute Gasteiger partial charge is 0.262 e. The van der Waals surface area contributed by atoms with Gasteiger partial charge in [-0.05, 0) is 42.4 Å². The summed E-state index contributed by atoms with van der Waals surface area (Å²) in [5.74, 6) is -0.836. The summed E-state index contributed by atoms with van der Waals surface area (Å²) in [6, 6.07) is 8.69. The standard InChI is InChI=1S/C29H42ClN3O6S2/c1-5-9-26(35)33(15-14-31-28(37)24(19-40)16-20(2)3)18-22-12-13-25(23-10-7-6-8-11-23)29(30,17-22)41(38,39)32-27(36)21(4)34/h6-8,10-13,20-21,24,34,40H,5,9,14-19H2,1-4H3,(H,31,37)(H,32,36)/t21-,24+,29?/m0/s1. The number of nitrogens with one attached hydrogen (secondary N) is 2. The van der Waals surface area contributed by atoms with Crippen molar-refractivity contribution in [2.24, 2.45) is 11.8 Å². The van der Waals surface area contributed by atoms with E-state index in [2.05, 4.69) is 17.9 Å². The van der Waals surface area contributed by atoms with Gasteiger partial charge in [-0.1, -0.05) is 74.9 Å². The van der Waals surface area contributed by atoms with Gasteiger partial charge in [0, 0.05) is 44.1 Å². The highest BCUT2D eigenvalue weighted by Gasteiger charge is 2.49. The Labute approximate surface area is 254 Å². The molecule has 41 heavy (non-hydrogen) atoms. The molecule has 0 fully saturated rings. The molecule has 0 saturated heterocycles. The van der Waals surface area contributed by atoms with Crippen molar-refractivity contribution in [3.05, 3.63) is 53.6 Å². The maximum absolute atomic E-state index is 13.5. The van der Waals surface area contributed by atoms with Gasteiger partial charge < -0.3 is 15.3 Å². The highest BCUT2D eigenvalue weighted by atomic mass is 35.5. The number of aliphatic hydroxyl groups excluding tert-OH is 1. The fourth-order valence-electron chi connectivity index (χ4n) is 4.55. The Morgan fingerprint density at radius 2 is 1.78 bits per heavy atom. The predicted molar refractivity (Wildman–Crippen MR) is 166 cm³/mol. The van der Waals surface area contributed by atoms with Gasteiger partial charge in [-0.15, -0.1) is 0 Å². The lowest BCUT2D eigenvalue weighted by Crippen LogP contribution is -2.49. The number of benzene rings is 1. The van der Waals surface area contributed by atoms with E-state index in [0.29, 0.717) is 35.6 Å². The van der Waals surface area contributed by atoms with E-state index in [-0.39, 0.29) is 55.8 Å². The average molecular weight is 628 g/mol. The second-order valence-corrected chi connectivity index (χ2v) is 13.8. The van der Waals surface area contributed by atoms with Crippen molar-refractivity contribution < 1.29 is 27.9 Å². The van der Waals surface area contributed by atoms with Crippen molar-refractivity contribution in [2.75, 3.05) is 25.4 Å². The number of amides is 3. The second kappa shape index (κ2) is 15.8. The highest BCUT2D eigenvalue weighted by molar-refractivity contribution is 7.93. The van der Waals surface area contributed by atoms with Gasteiger partial charge in [0.05, 0.1) is 0 Å². The van der Waals surface area contributed by atoms with Gasteiger partial charge in [0.1, 0.15) is 6.10 Å². The molecule has 0 spiro atoms. The first-order valence-corrected chi connectivity index (χ1v) is 16.3. The number of hydrogen-bond acceptors (Lipinski definition) is 7. The maximum atomic E-state index is 13.5. The Kier molecular flexibility index (Phi) is 13.4. The first-order valence-electron chi connectivity index (χ1n) is 13.8. The molecule has 1 aliphatic rings. The molecule has 0 saturated carbocycles. The van der Waals surface area contributed by atoms with E-state index < -0.39 is 26.2 Å². The number of halogens is 1. The van der Waals surface area contributed by atoms with Crippen LogP contribution in [0.5, 0.6) is 0 Å². The molecule has 12 heteroatoms. The molecule has 0 heterocycles.